The van der Waals surface area contributed by atoms with Gasteiger partial charge in [-0.3, -0.25) is 9.20 Å². The van der Waals surface area contributed by atoms with Crippen LogP contribution in [0.2, 0.25) is 0 Å². The summed E-state index contributed by atoms with van der Waals surface area (Å²) in [6.07, 6.45) is 0.124. The number of methoxy groups -OCH3 is 2. The summed E-state index contributed by atoms with van der Waals surface area (Å²) in [5, 5.41) is 0. The molecule has 0 spiro atoms. The lowest BCUT2D eigenvalue weighted by atomic mass is 10.3. The van der Waals surface area contributed by atoms with Crippen LogP contribution in [0, 0.1) is 0 Å². The van der Waals surface area contributed by atoms with E-state index in [4.69, 9.17) is 9.47 Å². The van der Waals surface area contributed by atoms with E-state index in [2.05, 4.69) is 4.98 Å². The molecule has 0 aromatic carbocycles. The average Bonchev–Trinajstić information content (AvgIpc) is 2.76. The summed E-state index contributed by atoms with van der Waals surface area (Å²) in [7, 11) is 2.81. The number of imidazole rings is 1. The second kappa shape index (κ2) is 5.09. The van der Waals surface area contributed by atoms with Crippen LogP contribution in [0.5, 0.6) is 5.88 Å². The number of esters is 1. The van der Waals surface area contributed by atoms with Crippen LogP contribution in [-0.2, 0) is 16.0 Å². The molecule has 0 aliphatic carbocycles. The SMILES string of the molecule is COC(=O)c1nc(CC(C)=O)n2c(OC)cccc12. The van der Waals surface area contributed by atoms with Gasteiger partial charge in [-0.1, -0.05) is 6.07 Å². The van der Waals surface area contributed by atoms with Crippen LogP contribution in [-0.4, -0.2) is 35.4 Å². The molecule has 6 nitrogen and oxygen atoms in total. The molecule has 100 valence electrons. The Morgan fingerprint density at radius 3 is 2.63 bits per heavy atom. The van der Waals surface area contributed by atoms with Crippen LogP contribution in [0.1, 0.15) is 23.2 Å². The van der Waals surface area contributed by atoms with Crippen molar-refractivity contribution in [2.75, 3.05) is 14.2 Å². The van der Waals surface area contributed by atoms with Gasteiger partial charge in [-0.15, -0.1) is 0 Å². The molecule has 6 heteroatoms. The van der Waals surface area contributed by atoms with Gasteiger partial charge in [-0.05, 0) is 19.1 Å². The highest BCUT2D eigenvalue weighted by Crippen LogP contribution is 2.21. The number of rotatable bonds is 4. The molecule has 2 heterocycles. The predicted octanol–water partition coefficient (Wildman–Crippen LogP) is 1.26. The number of pyridine rings is 1. The molecule has 2 rings (SSSR count). The Bertz CT molecular complexity index is 645. The van der Waals surface area contributed by atoms with Gasteiger partial charge in [0.25, 0.3) is 0 Å². The summed E-state index contributed by atoms with van der Waals surface area (Å²) in [4.78, 5) is 27.2. The summed E-state index contributed by atoms with van der Waals surface area (Å²) < 4.78 is 11.6. The fraction of sp³-hybridized carbons (Fsp3) is 0.308. The van der Waals surface area contributed by atoms with Crippen molar-refractivity contribution < 1.29 is 19.1 Å². The minimum Gasteiger partial charge on any atom is -0.482 e. The van der Waals surface area contributed by atoms with Crippen LogP contribution in [0.3, 0.4) is 0 Å². The van der Waals surface area contributed by atoms with Gasteiger partial charge in [0.1, 0.15) is 11.6 Å². The minimum absolute atomic E-state index is 0.0470. The maximum atomic E-state index is 11.7. The van der Waals surface area contributed by atoms with E-state index in [-0.39, 0.29) is 17.9 Å². The maximum absolute atomic E-state index is 11.7. The summed E-state index contributed by atoms with van der Waals surface area (Å²) in [5.74, 6) is 0.381. The van der Waals surface area contributed by atoms with E-state index in [1.807, 2.05) is 0 Å². The molecule has 0 radical (unpaired) electrons. The van der Waals surface area contributed by atoms with E-state index in [9.17, 15) is 9.59 Å². The molecule has 2 aromatic heterocycles. The highest BCUT2D eigenvalue weighted by atomic mass is 16.5. The number of fused-ring (bicyclic) bond motifs is 1. The second-order valence-electron chi connectivity index (χ2n) is 4.04. The zero-order valence-electron chi connectivity index (χ0n) is 11.0. The third-order valence-electron chi connectivity index (χ3n) is 2.69. The molecule has 0 N–H and O–H groups in total. The van der Waals surface area contributed by atoms with Crippen molar-refractivity contribution >= 4 is 17.3 Å². The summed E-state index contributed by atoms with van der Waals surface area (Å²) in [6.45, 7) is 1.47. The number of nitrogens with zero attached hydrogens (tertiary/aromatic N) is 2. The smallest absolute Gasteiger partial charge is 0.358 e. The number of hydrogen-bond donors (Lipinski definition) is 0. The number of ketones is 1. The molecule has 0 saturated heterocycles. The van der Waals surface area contributed by atoms with Crippen LogP contribution < -0.4 is 4.74 Å². The van der Waals surface area contributed by atoms with Gasteiger partial charge in [-0.2, -0.15) is 0 Å². The standard InChI is InChI=1S/C13H14N2O4/c1-8(16)7-10-14-12(13(17)19-3)9-5-4-6-11(18-2)15(9)10/h4-6H,7H2,1-3H3. The van der Waals surface area contributed by atoms with Crippen molar-refractivity contribution in [1.29, 1.82) is 0 Å². The minimum atomic E-state index is -0.541. The first kappa shape index (κ1) is 13.1. The molecule has 0 fully saturated rings. The van der Waals surface area contributed by atoms with Gasteiger partial charge in [0.05, 0.1) is 26.2 Å². The molecule has 0 aliphatic rings. The molecule has 0 aliphatic heterocycles. The van der Waals surface area contributed by atoms with Gasteiger partial charge in [0.2, 0.25) is 0 Å². The lowest BCUT2D eigenvalue weighted by molar-refractivity contribution is -0.116. The number of aromatic nitrogens is 2. The Labute approximate surface area is 110 Å². The molecule has 19 heavy (non-hydrogen) atoms. The second-order valence-corrected chi connectivity index (χ2v) is 4.04. The summed E-state index contributed by atoms with van der Waals surface area (Å²) >= 11 is 0. The summed E-state index contributed by atoms with van der Waals surface area (Å²) in [6, 6.07) is 5.21. The number of carbonyl (C=O) groups excluding carboxylic acids is 2. The summed E-state index contributed by atoms with van der Waals surface area (Å²) in [5.41, 5.74) is 0.736. The first-order valence-corrected chi connectivity index (χ1v) is 5.70. The largest absolute Gasteiger partial charge is 0.482 e. The molecular weight excluding hydrogens is 248 g/mol. The molecule has 0 amide bonds. The van der Waals surface area contributed by atoms with Crippen molar-refractivity contribution in [1.82, 2.24) is 9.38 Å². The van der Waals surface area contributed by atoms with Crippen LogP contribution >= 0.6 is 0 Å². The topological polar surface area (TPSA) is 69.9 Å². The van der Waals surface area contributed by atoms with Crippen LogP contribution in [0.4, 0.5) is 0 Å². The zero-order valence-corrected chi connectivity index (χ0v) is 11.0. The molecule has 0 bridgehead atoms. The Hall–Kier alpha value is -2.37. The monoisotopic (exact) mass is 262 g/mol. The van der Waals surface area contributed by atoms with E-state index in [0.717, 1.165) is 0 Å². The number of hydrogen-bond acceptors (Lipinski definition) is 5. The zero-order chi connectivity index (χ0) is 14.0. The average molecular weight is 262 g/mol. The van der Waals surface area contributed by atoms with Crippen molar-refractivity contribution in [3.63, 3.8) is 0 Å². The maximum Gasteiger partial charge on any atom is 0.358 e. The van der Waals surface area contributed by atoms with Gasteiger partial charge in [0.15, 0.2) is 11.6 Å². The highest BCUT2D eigenvalue weighted by Gasteiger charge is 2.20. The third-order valence-corrected chi connectivity index (χ3v) is 2.69. The molecule has 0 saturated carbocycles. The van der Waals surface area contributed by atoms with E-state index in [1.54, 1.807) is 22.6 Å². The van der Waals surface area contributed by atoms with Crippen molar-refractivity contribution in [2.24, 2.45) is 0 Å². The lowest BCUT2D eigenvalue weighted by Gasteiger charge is -2.06. The Morgan fingerprint density at radius 2 is 2.05 bits per heavy atom. The predicted molar refractivity (Wildman–Crippen MR) is 67.5 cm³/mol. The van der Waals surface area contributed by atoms with Crippen LogP contribution in [0.15, 0.2) is 18.2 Å². The number of carbonyl (C=O) groups is 2. The molecular formula is C13H14N2O4. The van der Waals surface area contributed by atoms with E-state index in [1.165, 1.54) is 21.1 Å². The third kappa shape index (κ3) is 2.29. The number of Topliss-reactive ketones (excluding diaryl/α,β-unsaturated/α-hetero) is 1. The van der Waals surface area contributed by atoms with Crippen molar-refractivity contribution in [3.05, 3.63) is 29.7 Å². The fourth-order valence-electron chi connectivity index (χ4n) is 1.92. The van der Waals surface area contributed by atoms with Gasteiger partial charge in [-0.25, -0.2) is 9.78 Å². The first-order chi connectivity index (χ1) is 9.08. The normalized spacial score (nSPS) is 10.5. The van der Waals surface area contributed by atoms with Gasteiger partial charge in [0, 0.05) is 0 Å². The molecule has 0 unspecified atom stereocenters. The van der Waals surface area contributed by atoms with E-state index >= 15 is 0 Å². The first-order valence-electron chi connectivity index (χ1n) is 5.70. The quantitative estimate of drug-likeness (QED) is 0.776. The van der Waals surface area contributed by atoms with Crippen molar-refractivity contribution in [3.8, 4) is 5.88 Å². The lowest BCUT2D eigenvalue weighted by Crippen LogP contribution is -2.04. The molecule has 0 atom stereocenters. The van der Waals surface area contributed by atoms with Gasteiger partial charge < -0.3 is 9.47 Å². The van der Waals surface area contributed by atoms with Crippen LogP contribution in [0.25, 0.3) is 5.52 Å². The number of ether oxygens (including phenoxy) is 2. The van der Waals surface area contributed by atoms with E-state index < -0.39 is 5.97 Å². The van der Waals surface area contributed by atoms with Crippen molar-refractivity contribution in [2.45, 2.75) is 13.3 Å². The Morgan fingerprint density at radius 1 is 1.32 bits per heavy atom. The molecule has 2 aromatic rings. The fourth-order valence-corrected chi connectivity index (χ4v) is 1.92. The van der Waals surface area contributed by atoms with Gasteiger partial charge >= 0.3 is 5.97 Å². The Balaban J connectivity index is 2.73. The Kier molecular flexibility index (Phi) is 3.50. The van der Waals surface area contributed by atoms with E-state index in [0.29, 0.717) is 17.2 Å². The highest BCUT2D eigenvalue weighted by molar-refractivity contribution is 5.95.